The highest BCUT2D eigenvalue weighted by Crippen LogP contribution is 2.34. The predicted molar refractivity (Wildman–Crippen MR) is 88.6 cm³/mol. The molecule has 1 saturated heterocycles. The van der Waals surface area contributed by atoms with Gasteiger partial charge in [-0.05, 0) is 6.92 Å². The molecule has 1 fully saturated rings. The van der Waals surface area contributed by atoms with E-state index in [4.69, 9.17) is 9.15 Å². The van der Waals surface area contributed by atoms with Gasteiger partial charge >= 0.3 is 0 Å². The third-order valence-corrected chi connectivity index (χ3v) is 5.30. The maximum absolute atomic E-state index is 5.90. The molecule has 7 heteroatoms. The van der Waals surface area contributed by atoms with Crippen LogP contribution in [-0.2, 0) is 11.3 Å². The number of hydrogen-bond donors (Lipinski definition) is 0. The average molecular weight is 336 g/mol. The van der Waals surface area contributed by atoms with Crippen LogP contribution in [0.3, 0.4) is 0 Å². The molecule has 0 aliphatic carbocycles. The normalized spacial score (nSPS) is 22.3. The van der Waals surface area contributed by atoms with E-state index in [9.17, 15) is 0 Å². The maximum Gasteiger partial charge on any atom is 0.221 e. The van der Waals surface area contributed by atoms with Gasteiger partial charge in [-0.15, -0.1) is 21.5 Å². The smallest absolute Gasteiger partial charge is 0.221 e. The molecule has 0 aromatic carbocycles. The molecule has 0 unspecified atom stereocenters. The fourth-order valence-electron chi connectivity index (χ4n) is 3.06. The largest absolute Gasteiger partial charge is 0.425 e. The summed E-state index contributed by atoms with van der Waals surface area (Å²) in [5.74, 6) is 2.35. The first kappa shape index (κ1) is 16.5. The van der Waals surface area contributed by atoms with E-state index < -0.39 is 0 Å². The van der Waals surface area contributed by atoms with E-state index in [1.54, 1.807) is 18.4 Å². The van der Waals surface area contributed by atoms with Gasteiger partial charge in [-0.3, -0.25) is 4.90 Å². The van der Waals surface area contributed by atoms with Crippen molar-refractivity contribution >= 4 is 11.3 Å². The minimum atomic E-state index is 0.239. The fourth-order valence-corrected chi connectivity index (χ4v) is 3.88. The molecule has 2 aromatic rings. The van der Waals surface area contributed by atoms with Crippen LogP contribution in [0.15, 0.2) is 9.93 Å². The minimum absolute atomic E-state index is 0.239. The van der Waals surface area contributed by atoms with E-state index in [2.05, 4.69) is 40.9 Å². The van der Waals surface area contributed by atoms with Gasteiger partial charge < -0.3 is 9.15 Å². The SMILES string of the molecule is COC[C@@H]1CN(Cc2scnc2C)C[C@H]1c1nnc(C(C)C)o1. The van der Waals surface area contributed by atoms with Crippen molar-refractivity contribution in [1.29, 1.82) is 0 Å². The highest BCUT2D eigenvalue weighted by Gasteiger charge is 2.37. The first-order chi connectivity index (χ1) is 11.1. The highest BCUT2D eigenvalue weighted by molar-refractivity contribution is 7.09. The van der Waals surface area contributed by atoms with Crippen molar-refractivity contribution < 1.29 is 9.15 Å². The molecule has 3 rings (SSSR count). The van der Waals surface area contributed by atoms with Crippen LogP contribution >= 0.6 is 11.3 Å². The first-order valence-corrected chi connectivity index (χ1v) is 8.90. The summed E-state index contributed by atoms with van der Waals surface area (Å²) in [5.41, 5.74) is 3.04. The zero-order valence-corrected chi connectivity index (χ0v) is 15.0. The van der Waals surface area contributed by atoms with Gasteiger partial charge in [-0.25, -0.2) is 4.98 Å². The molecular weight excluding hydrogens is 312 g/mol. The molecular formula is C16H24N4O2S. The quantitative estimate of drug-likeness (QED) is 0.808. The van der Waals surface area contributed by atoms with Crippen molar-refractivity contribution in [1.82, 2.24) is 20.1 Å². The Morgan fingerprint density at radius 3 is 2.83 bits per heavy atom. The number of rotatable bonds is 6. The Bertz CT molecular complexity index is 640. The Morgan fingerprint density at radius 2 is 2.22 bits per heavy atom. The number of likely N-dealkylation sites (tertiary alicyclic amines) is 1. The number of thiazole rings is 1. The van der Waals surface area contributed by atoms with Crippen LogP contribution in [0.1, 0.15) is 48.0 Å². The second-order valence-corrected chi connectivity index (χ2v) is 7.45. The second kappa shape index (κ2) is 7.07. The van der Waals surface area contributed by atoms with Crippen molar-refractivity contribution in [2.24, 2.45) is 5.92 Å². The summed E-state index contributed by atoms with van der Waals surface area (Å²) in [6, 6.07) is 0. The summed E-state index contributed by atoms with van der Waals surface area (Å²) in [4.78, 5) is 8.11. The third kappa shape index (κ3) is 3.62. The average Bonchev–Trinajstić information content (AvgIpc) is 3.21. The topological polar surface area (TPSA) is 64.3 Å². The molecule has 0 radical (unpaired) electrons. The van der Waals surface area contributed by atoms with E-state index in [0.717, 1.165) is 31.2 Å². The third-order valence-electron chi connectivity index (χ3n) is 4.38. The Morgan fingerprint density at radius 1 is 1.39 bits per heavy atom. The summed E-state index contributed by atoms with van der Waals surface area (Å²) in [5, 5.41) is 8.48. The Labute approximate surface area is 140 Å². The summed E-state index contributed by atoms with van der Waals surface area (Å²) < 4.78 is 11.3. The van der Waals surface area contributed by atoms with Crippen LogP contribution in [-0.4, -0.2) is 46.9 Å². The Kier molecular flexibility index (Phi) is 5.08. The zero-order chi connectivity index (χ0) is 16.4. The second-order valence-electron chi connectivity index (χ2n) is 6.51. The highest BCUT2D eigenvalue weighted by atomic mass is 32.1. The van der Waals surface area contributed by atoms with E-state index in [1.807, 2.05) is 5.51 Å². The van der Waals surface area contributed by atoms with Crippen molar-refractivity contribution in [2.75, 3.05) is 26.8 Å². The summed E-state index contributed by atoms with van der Waals surface area (Å²) in [6.07, 6.45) is 0. The van der Waals surface area contributed by atoms with Crippen LogP contribution < -0.4 is 0 Å². The van der Waals surface area contributed by atoms with E-state index >= 15 is 0 Å². The molecule has 2 atom stereocenters. The molecule has 126 valence electrons. The van der Waals surface area contributed by atoms with Crippen LogP contribution in [0.4, 0.5) is 0 Å². The molecule has 3 heterocycles. The lowest BCUT2D eigenvalue weighted by Crippen LogP contribution is -2.21. The molecule has 1 aliphatic rings. The molecule has 6 nitrogen and oxygen atoms in total. The first-order valence-electron chi connectivity index (χ1n) is 8.02. The predicted octanol–water partition coefficient (Wildman–Crippen LogP) is 2.82. The zero-order valence-electron chi connectivity index (χ0n) is 14.2. The lowest BCUT2D eigenvalue weighted by molar-refractivity contribution is 0.143. The van der Waals surface area contributed by atoms with E-state index in [-0.39, 0.29) is 11.8 Å². The van der Waals surface area contributed by atoms with E-state index in [0.29, 0.717) is 18.4 Å². The molecule has 0 amide bonds. The van der Waals surface area contributed by atoms with Gasteiger partial charge in [0.1, 0.15) is 0 Å². The lowest BCUT2D eigenvalue weighted by Gasteiger charge is -2.14. The molecule has 23 heavy (non-hydrogen) atoms. The van der Waals surface area contributed by atoms with Crippen LogP contribution in [0.5, 0.6) is 0 Å². The van der Waals surface area contributed by atoms with Gasteiger partial charge in [0.15, 0.2) is 0 Å². The molecule has 1 aliphatic heterocycles. The maximum atomic E-state index is 5.90. The van der Waals surface area contributed by atoms with Crippen molar-refractivity contribution in [3.05, 3.63) is 27.9 Å². The molecule has 0 spiro atoms. The summed E-state index contributed by atoms with van der Waals surface area (Å²) >= 11 is 1.72. The van der Waals surface area contributed by atoms with Gasteiger partial charge in [-0.2, -0.15) is 0 Å². The number of hydrogen-bond acceptors (Lipinski definition) is 7. The van der Waals surface area contributed by atoms with Crippen LogP contribution in [0.2, 0.25) is 0 Å². The standard InChI is InChI=1S/C16H24N4O2S/c1-10(2)15-18-19-16(22-15)13-6-20(5-12(13)8-21-4)7-14-11(3)17-9-23-14/h9-10,12-13H,5-8H2,1-4H3/t12-,13+/m0/s1. The molecule has 0 saturated carbocycles. The number of aryl methyl sites for hydroxylation is 1. The molecule has 2 aromatic heterocycles. The van der Waals surface area contributed by atoms with Crippen molar-refractivity contribution in [2.45, 2.75) is 39.2 Å². The van der Waals surface area contributed by atoms with E-state index in [1.165, 1.54) is 4.88 Å². The summed E-state index contributed by atoms with van der Waals surface area (Å²) in [6.45, 7) is 9.74. The monoisotopic (exact) mass is 336 g/mol. The number of methoxy groups -OCH3 is 1. The number of aromatic nitrogens is 3. The Balaban J connectivity index is 1.74. The minimum Gasteiger partial charge on any atom is -0.425 e. The van der Waals surface area contributed by atoms with Gasteiger partial charge in [0.25, 0.3) is 0 Å². The molecule has 0 bridgehead atoms. The lowest BCUT2D eigenvalue weighted by atomic mass is 9.97. The van der Waals surface area contributed by atoms with Crippen LogP contribution in [0.25, 0.3) is 0 Å². The van der Waals surface area contributed by atoms with Gasteiger partial charge in [-0.1, -0.05) is 13.8 Å². The van der Waals surface area contributed by atoms with Crippen molar-refractivity contribution in [3.8, 4) is 0 Å². The van der Waals surface area contributed by atoms with Crippen LogP contribution in [0, 0.1) is 12.8 Å². The number of nitrogens with zero attached hydrogens (tertiary/aromatic N) is 4. The van der Waals surface area contributed by atoms with Crippen molar-refractivity contribution in [3.63, 3.8) is 0 Å². The molecule has 0 N–H and O–H groups in total. The van der Waals surface area contributed by atoms with Gasteiger partial charge in [0, 0.05) is 43.5 Å². The van der Waals surface area contributed by atoms with Gasteiger partial charge in [0.2, 0.25) is 11.8 Å². The number of ether oxygens (including phenoxy) is 1. The Hall–Kier alpha value is -1.31. The van der Waals surface area contributed by atoms with Gasteiger partial charge in [0.05, 0.1) is 23.7 Å². The summed E-state index contributed by atoms with van der Waals surface area (Å²) in [7, 11) is 1.75. The fraction of sp³-hybridized carbons (Fsp3) is 0.688.